The lowest BCUT2D eigenvalue weighted by Gasteiger charge is -2.16. The molecule has 0 saturated carbocycles. The molecule has 0 aliphatic heterocycles. The van der Waals surface area contributed by atoms with Gasteiger partial charge in [-0.05, 0) is 87.3 Å². The third-order valence-electron chi connectivity index (χ3n) is 11.2. The minimum Gasteiger partial charge on any atom is -0.309 e. The first-order chi connectivity index (χ1) is 24.7. The van der Waals surface area contributed by atoms with E-state index in [1.807, 2.05) is 0 Å². The molecule has 8 aromatic carbocycles. The fourth-order valence-corrected chi connectivity index (χ4v) is 8.94. The van der Waals surface area contributed by atoms with Crippen molar-refractivity contribution in [1.82, 2.24) is 9.13 Å². The molecule has 1 atom stereocenters. The number of hydrogen-bond acceptors (Lipinski definition) is 0. The van der Waals surface area contributed by atoms with Gasteiger partial charge in [-0.25, -0.2) is 0 Å². The zero-order chi connectivity index (χ0) is 32.9. The maximum absolute atomic E-state index is 2.50. The molecular formula is C48H32N2. The van der Waals surface area contributed by atoms with E-state index in [-0.39, 0.29) is 0 Å². The van der Waals surface area contributed by atoms with E-state index in [1.165, 1.54) is 99.1 Å². The summed E-state index contributed by atoms with van der Waals surface area (Å²) < 4.78 is 4.93. The van der Waals surface area contributed by atoms with Crippen molar-refractivity contribution in [3.8, 4) is 33.6 Å². The van der Waals surface area contributed by atoms with Crippen LogP contribution in [-0.4, -0.2) is 9.13 Å². The molecule has 2 heterocycles. The standard InChI is InChI=1S/C48H32N2/c1-30-34-14-4-5-16-36(34)39-19-11-23-47(48(30)39)50-44-21-9-7-18-38(44)41-29-33(25-27-46(41)50)32-24-26-45-40(28-32)37-17-6-8-20-43(37)49(45)42-22-10-13-31-12-2-3-15-35(31)42/h2-30H,1H3. The first-order valence-corrected chi connectivity index (χ1v) is 17.5. The molecular weight excluding hydrogens is 605 g/mol. The highest BCUT2D eigenvalue weighted by Gasteiger charge is 2.29. The quantitative estimate of drug-likeness (QED) is 0.183. The third kappa shape index (κ3) is 3.73. The predicted molar refractivity (Wildman–Crippen MR) is 211 cm³/mol. The second kappa shape index (κ2) is 10.3. The highest BCUT2D eigenvalue weighted by atomic mass is 15.0. The van der Waals surface area contributed by atoms with E-state index in [2.05, 4.69) is 186 Å². The smallest absolute Gasteiger partial charge is 0.0541 e. The van der Waals surface area contributed by atoms with Gasteiger partial charge in [-0.1, -0.05) is 128 Å². The highest BCUT2D eigenvalue weighted by molar-refractivity contribution is 6.13. The molecule has 1 unspecified atom stereocenters. The maximum atomic E-state index is 2.50. The molecule has 0 amide bonds. The van der Waals surface area contributed by atoms with Gasteiger partial charge >= 0.3 is 0 Å². The Morgan fingerprint density at radius 3 is 1.60 bits per heavy atom. The van der Waals surface area contributed by atoms with Crippen LogP contribution in [0.5, 0.6) is 0 Å². The van der Waals surface area contributed by atoms with Crippen LogP contribution in [0.3, 0.4) is 0 Å². The van der Waals surface area contributed by atoms with Crippen molar-refractivity contribution in [3.05, 3.63) is 181 Å². The molecule has 0 radical (unpaired) electrons. The zero-order valence-corrected chi connectivity index (χ0v) is 27.6. The van der Waals surface area contributed by atoms with Gasteiger partial charge in [0, 0.05) is 32.8 Å². The Bertz CT molecular complexity index is 3000. The Morgan fingerprint density at radius 2 is 0.880 bits per heavy atom. The molecule has 0 N–H and O–H groups in total. The maximum Gasteiger partial charge on any atom is 0.0541 e. The van der Waals surface area contributed by atoms with Crippen LogP contribution in [0.25, 0.3) is 88.0 Å². The Kier molecular flexibility index (Phi) is 5.68. The van der Waals surface area contributed by atoms with E-state index in [1.54, 1.807) is 0 Å². The second-order valence-electron chi connectivity index (χ2n) is 13.7. The van der Waals surface area contributed by atoms with Gasteiger partial charge < -0.3 is 9.13 Å². The van der Waals surface area contributed by atoms with Crippen molar-refractivity contribution >= 4 is 54.4 Å². The van der Waals surface area contributed by atoms with Crippen molar-refractivity contribution in [2.75, 3.05) is 0 Å². The minimum atomic E-state index is 0.329. The van der Waals surface area contributed by atoms with E-state index >= 15 is 0 Å². The SMILES string of the molecule is CC1c2ccccc2-c2cccc(-n3c4ccccc4c4cc(-c5ccc6c(c5)c5ccccc5n6-c5cccc6ccccc56)ccc43)c21. The Balaban J connectivity index is 1.11. The molecule has 1 aliphatic carbocycles. The van der Waals surface area contributed by atoms with Crippen LogP contribution in [0.15, 0.2) is 170 Å². The van der Waals surface area contributed by atoms with E-state index in [0.29, 0.717) is 5.92 Å². The summed E-state index contributed by atoms with van der Waals surface area (Å²) in [5.74, 6) is 0.329. The Labute approximate surface area is 290 Å². The summed E-state index contributed by atoms with van der Waals surface area (Å²) in [5, 5.41) is 7.59. The first kappa shape index (κ1) is 27.6. The molecule has 2 aromatic heterocycles. The fraction of sp³-hybridized carbons (Fsp3) is 0.0417. The Hall–Kier alpha value is -6.38. The average Bonchev–Trinajstić information content (AvgIpc) is 3.79. The summed E-state index contributed by atoms with van der Waals surface area (Å²) in [4.78, 5) is 0. The molecule has 50 heavy (non-hydrogen) atoms. The predicted octanol–water partition coefficient (Wildman–Crippen LogP) is 12.8. The molecule has 234 valence electrons. The lowest BCUT2D eigenvalue weighted by atomic mass is 9.97. The van der Waals surface area contributed by atoms with Crippen molar-refractivity contribution in [3.63, 3.8) is 0 Å². The lowest BCUT2D eigenvalue weighted by Crippen LogP contribution is -2.01. The molecule has 0 fully saturated rings. The van der Waals surface area contributed by atoms with Crippen LogP contribution in [-0.2, 0) is 0 Å². The number of fused-ring (bicyclic) bond motifs is 10. The van der Waals surface area contributed by atoms with Gasteiger partial charge in [0.25, 0.3) is 0 Å². The zero-order valence-electron chi connectivity index (χ0n) is 27.6. The molecule has 2 nitrogen and oxygen atoms in total. The summed E-state index contributed by atoms with van der Waals surface area (Å²) in [6.45, 7) is 2.35. The molecule has 11 rings (SSSR count). The second-order valence-corrected chi connectivity index (χ2v) is 13.7. The van der Waals surface area contributed by atoms with Gasteiger partial charge in [-0.15, -0.1) is 0 Å². The van der Waals surface area contributed by atoms with Gasteiger partial charge in [0.2, 0.25) is 0 Å². The van der Waals surface area contributed by atoms with Crippen molar-refractivity contribution < 1.29 is 0 Å². The van der Waals surface area contributed by atoms with E-state index < -0.39 is 0 Å². The molecule has 2 heteroatoms. The number of aromatic nitrogens is 2. The van der Waals surface area contributed by atoms with Crippen LogP contribution in [0.2, 0.25) is 0 Å². The minimum absolute atomic E-state index is 0.329. The van der Waals surface area contributed by atoms with Crippen molar-refractivity contribution in [2.24, 2.45) is 0 Å². The van der Waals surface area contributed by atoms with Gasteiger partial charge in [0.05, 0.1) is 33.4 Å². The highest BCUT2D eigenvalue weighted by Crippen LogP contribution is 2.48. The molecule has 10 aromatic rings. The Morgan fingerprint density at radius 1 is 0.380 bits per heavy atom. The monoisotopic (exact) mass is 636 g/mol. The van der Waals surface area contributed by atoms with Gasteiger partial charge in [-0.2, -0.15) is 0 Å². The first-order valence-electron chi connectivity index (χ1n) is 17.5. The van der Waals surface area contributed by atoms with Crippen LogP contribution in [0.4, 0.5) is 0 Å². The summed E-state index contributed by atoms with van der Waals surface area (Å²) in [6, 6.07) is 62.7. The summed E-state index contributed by atoms with van der Waals surface area (Å²) in [6.07, 6.45) is 0. The molecule has 0 spiro atoms. The summed E-state index contributed by atoms with van der Waals surface area (Å²) in [7, 11) is 0. The van der Waals surface area contributed by atoms with Crippen LogP contribution in [0.1, 0.15) is 24.0 Å². The molecule has 1 aliphatic rings. The number of nitrogens with zero attached hydrogens (tertiary/aromatic N) is 2. The largest absolute Gasteiger partial charge is 0.309 e. The molecule has 0 saturated heterocycles. The van der Waals surface area contributed by atoms with Crippen molar-refractivity contribution in [2.45, 2.75) is 12.8 Å². The van der Waals surface area contributed by atoms with Crippen molar-refractivity contribution in [1.29, 1.82) is 0 Å². The summed E-state index contributed by atoms with van der Waals surface area (Å²) in [5.41, 5.74) is 15.4. The number of benzene rings is 8. The number of para-hydroxylation sites is 2. The van der Waals surface area contributed by atoms with Crippen LogP contribution < -0.4 is 0 Å². The van der Waals surface area contributed by atoms with E-state index in [4.69, 9.17) is 0 Å². The normalized spacial score (nSPS) is 13.9. The topological polar surface area (TPSA) is 9.86 Å². The average molecular weight is 637 g/mol. The third-order valence-corrected chi connectivity index (χ3v) is 11.2. The molecule has 0 bridgehead atoms. The van der Waals surface area contributed by atoms with E-state index in [9.17, 15) is 0 Å². The van der Waals surface area contributed by atoms with Crippen LogP contribution >= 0.6 is 0 Å². The van der Waals surface area contributed by atoms with Gasteiger partial charge in [0.15, 0.2) is 0 Å². The summed E-state index contributed by atoms with van der Waals surface area (Å²) >= 11 is 0. The van der Waals surface area contributed by atoms with Crippen LogP contribution in [0, 0.1) is 0 Å². The number of rotatable bonds is 3. The van der Waals surface area contributed by atoms with Gasteiger partial charge in [0.1, 0.15) is 0 Å². The van der Waals surface area contributed by atoms with Gasteiger partial charge in [-0.3, -0.25) is 0 Å². The van der Waals surface area contributed by atoms with E-state index in [0.717, 1.165) is 0 Å². The fourth-order valence-electron chi connectivity index (χ4n) is 8.94. The lowest BCUT2D eigenvalue weighted by molar-refractivity contribution is 0.937. The number of hydrogen-bond donors (Lipinski definition) is 0.